The number of piperazine rings is 1. The Morgan fingerprint density at radius 1 is 1.44 bits per heavy atom. The highest BCUT2D eigenvalue weighted by Crippen LogP contribution is 2.26. The predicted molar refractivity (Wildman–Crippen MR) is 80.8 cm³/mol. The van der Waals surface area contributed by atoms with E-state index in [1.165, 1.54) is 5.56 Å². The van der Waals surface area contributed by atoms with Crippen molar-refractivity contribution in [2.75, 3.05) is 26.2 Å². The Bertz CT molecular complexity index is 476. The zero-order valence-electron chi connectivity index (χ0n) is 10.4. The number of hydrogen-bond donors (Lipinski definition) is 1. The Labute approximate surface area is 120 Å². The van der Waals surface area contributed by atoms with Crippen LogP contribution in [-0.2, 0) is 6.54 Å². The lowest BCUT2D eigenvalue weighted by Crippen LogP contribution is -2.43. The fourth-order valence-corrected chi connectivity index (χ4v) is 2.82. The smallest absolute Gasteiger partial charge is 0.0418 e. The lowest BCUT2D eigenvalue weighted by atomic mass is 10.1. The molecule has 0 radical (unpaired) electrons. The van der Waals surface area contributed by atoms with Gasteiger partial charge in [-0.05, 0) is 58.3 Å². The second-order valence-corrected chi connectivity index (χ2v) is 5.67. The zero-order chi connectivity index (χ0) is 13.0. The van der Waals surface area contributed by atoms with Gasteiger partial charge in [-0.2, -0.15) is 0 Å². The third-order valence-corrected chi connectivity index (χ3v) is 3.83. The van der Waals surface area contributed by atoms with E-state index in [9.17, 15) is 0 Å². The van der Waals surface area contributed by atoms with E-state index in [0.29, 0.717) is 0 Å². The first-order chi connectivity index (χ1) is 8.70. The first-order valence-electron chi connectivity index (χ1n) is 5.98. The molecule has 0 atom stereocenters. The summed E-state index contributed by atoms with van der Waals surface area (Å²) in [6.07, 6.45) is 0. The van der Waals surface area contributed by atoms with E-state index in [0.717, 1.165) is 47.5 Å². The SMILES string of the molecule is Cc1c(CN2CCNCC2)cc(I)cc1N=[N+]=[N-]. The molecule has 1 aliphatic rings. The fraction of sp³-hybridized carbons (Fsp3) is 0.500. The molecule has 6 heteroatoms. The predicted octanol–water partition coefficient (Wildman–Crippen LogP) is 2.95. The number of nitrogens with zero attached hydrogens (tertiary/aromatic N) is 4. The summed E-state index contributed by atoms with van der Waals surface area (Å²) in [5.74, 6) is 0. The molecule has 1 aromatic rings. The monoisotopic (exact) mass is 357 g/mol. The molecule has 1 aliphatic heterocycles. The molecule has 0 aliphatic carbocycles. The lowest BCUT2D eigenvalue weighted by Gasteiger charge is -2.28. The maximum atomic E-state index is 8.58. The molecular formula is C12H16IN5. The van der Waals surface area contributed by atoms with Crippen LogP contribution in [0.3, 0.4) is 0 Å². The average Bonchev–Trinajstić information content (AvgIpc) is 2.36. The number of rotatable bonds is 3. The molecule has 5 nitrogen and oxygen atoms in total. The van der Waals surface area contributed by atoms with Gasteiger partial charge in [0.05, 0.1) is 0 Å². The van der Waals surface area contributed by atoms with Gasteiger partial charge in [0.15, 0.2) is 0 Å². The summed E-state index contributed by atoms with van der Waals surface area (Å²) in [4.78, 5) is 5.32. The van der Waals surface area contributed by atoms with Crippen molar-refractivity contribution in [2.24, 2.45) is 5.11 Å². The molecule has 0 amide bonds. The molecule has 0 aromatic heterocycles. The molecule has 96 valence electrons. The average molecular weight is 357 g/mol. The van der Waals surface area contributed by atoms with Crippen LogP contribution in [0, 0.1) is 10.5 Å². The van der Waals surface area contributed by atoms with E-state index in [4.69, 9.17) is 5.53 Å². The maximum absolute atomic E-state index is 8.58. The van der Waals surface area contributed by atoms with Crippen LogP contribution in [0.25, 0.3) is 10.4 Å². The molecule has 1 fully saturated rings. The molecule has 0 spiro atoms. The Hall–Kier alpha value is -0.820. The maximum Gasteiger partial charge on any atom is 0.0418 e. The van der Waals surface area contributed by atoms with Crippen molar-refractivity contribution >= 4 is 28.3 Å². The molecule has 1 saturated heterocycles. The molecule has 0 unspecified atom stereocenters. The molecule has 0 saturated carbocycles. The van der Waals surface area contributed by atoms with Gasteiger partial charge in [0.25, 0.3) is 0 Å². The van der Waals surface area contributed by atoms with Crippen molar-refractivity contribution in [3.63, 3.8) is 0 Å². The van der Waals surface area contributed by atoms with Gasteiger partial charge >= 0.3 is 0 Å². The van der Waals surface area contributed by atoms with E-state index < -0.39 is 0 Å². The molecule has 18 heavy (non-hydrogen) atoms. The van der Waals surface area contributed by atoms with Crippen LogP contribution < -0.4 is 5.32 Å². The van der Waals surface area contributed by atoms with Crippen LogP contribution in [0.1, 0.15) is 11.1 Å². The number of halogens is 1. The van der Waals surface area contributed by atoms with Crippen molar-refractivity contribution in [3.05, 3.63) is 37.3 Å². The van der Waals surface area contributed by atoms with Gasteiger partial charge in [0.1, 0.15) is 0 Å². The standard InChI is InChI=1S/C12H16IN5/c1-9-10(8-18-4-2-15-3-5-18)6-11(13)7-12(9)16-17-14/h6-7,15H,2-5,8H2,1H3. The number of hydrogen-bond acceptors (Lipinski definition) is 3. The second kappa shape index (κ2) is 6.38. The summed E-state index contributed by atoms with van der Waals surface area (Å²) in [5, 5.41) is 7.11. The fourth-order valence-electron chi connectivity index (χ4n) is 2.15. The Kier molecular flexibility index (Phi) is 4.82. The molecule has 1 aromatic carbocycles. The van der Waals surface area contributed by atoms with Crippen molar-refractivity contribution in [1.29, 1.82) is 0 Å². The zero-order valence-corrected chi connectivity index (χ0v) is 12.5. The number of azide groups is 1. The van der Waals surface area contributed by atoms with Gasteiger partial charge in [0.2, 0.25) is 0 Å². The van der Waals surface area contributed by atoms with Crippen LogP contribution in [-0.4, -0.2) is 31.1 Å². The van der Waals surface area contributed by atoms with Gasteiger partial charge in [-0.25, -0.2) is 0 Å². The third kappa shape index (κ3) is 3.35. The summed E-state index contributed by atoms with van der Waals surface area (Å²) < 4.78 is 1.12. The Morgan fingerprint density at radius 2 is 2.17 bits per heavy atom. The first-order valence-corrected chi connectivity index (χ1v) is 7.06. The lowest BCUT2D eigenvalue weighted by molar-refractivity contribution is 0.233. The summed E-state index contributed by atoms with van der Waals surface area (Å²) in [6, 6.07) is 4.10. The second-order valence-electron chi connectivity index (χ2n) is 4.42. The Balaban J connectivity index is 2.23. The number of nitrogens with one attached hydrogen (secondary N) is 1. The van der Waals surface area contributed by atoms with Crippen LogP contribution in [0.4, 0.5) is 5.69 Å². The highest BCUT2D eigenvalue weighted by atomic mass is 127. The highest BCUT2D eigenvalue weighted by molar-refractivity contribution is 14.1. The van der Waals surface area contributed by atoms with Gasteiger partial charge in [-0.15, -0.1) is 0 Å². The molecule has 1 N–H and O–H groups in total. The minimum Gasteiger partial charge on any atom is -0.314 e. The largest absolute Gasteiger partial charge is 0.314 e. The minimum absolute atomic E-state index is 0.745. The van der Waals surface area contributed by atoms with Crippen molar-refractivity contribution in [3.8, 4) is 0 Å². The van der Waals surface area contributed by atoms with Gasteiger partial charge in [0, 0.05) is 46.9 Å². The highest BCUT2D eigenvalue weighted by Gasteiger charge is 2.12. The van der Waals surface area contributed by atoms with E-state index in [1.807, 2.05) is 13.0 Å². The minimum atomic E-state index is 0.745. The van der Waals surface area contributed by atoms with Crippen molar-refractivity contribution < 1.29 is 0 Å². The van der Waals surface area contributed by atoms with E-state index in [1.54, 1.807) is 0 Å². The van der Waals surface area contributed by atoms with Crippen LogP contribution >= 0.6 is 22.6 Å². The molecule has 2 rings (SSSR count). The summed E-state index contributed by atoms with van der Waals surface area (Å²) >= 11 is 2.27. The van der Waals surface area contributed by atoms with Crippen molar-refractivity contribution in [1.82, 2.24) is 10.2 Å². The third-order valence-electron chi connectivity index (χ3n) is 3.21. The quantitative estimate of drug-likeness (QED) is 0.391. The van der Waals surface area contributed by atoms with Gasteiger partial charge < -0.3 is 5.32 Å². The summed E-state index contributed by atoms with van der Waals surface area (Å²) in [6.45, 7) is 7.19. The van der Waals surface area contributed by atoms with Crippen LogP contribution in [0.5, 0.6) is 0 Å². The van der Waals surface area contributed by atoms with E-state index in [2.05, 4.69) is 48.9 Å². The first kappa shape index (κ1) is 13.6. The molecule has 0 bridgehead atoms. The van der Waals surface area contributed by atoms with E-state index >= 15 is 0 Å². The summed E-state index contributed by atoms with van der Waals surface area (Å²) in [7, 11) is 0. The van der Waals surface area contributed by atoms with E-state index in [-0.39, 0.29) is 0 Å². The van der Waals surface area contributed by atoms with Crippen LogP contribution in [0.2, 0.25) is 0 Å². The topological polar surface area (TPSA) is 64.0 Å². The van der Waals surface area contributed by atoms with Crippen molar-refractivity contribution in [2.45, 2.75) is 13.5 Å². The van der Waals surface area contributed by atoms with Crippen LogP contribution in [0.15, 0.2) is 17.2 Å². The van der Waals surface area contributed by atoms with Gasteiger partial charge in [-0.1, -0.05) is 5.11 Å². The molecule has 1 heterocycles. The molecular weight excluding hydrogens is 341 g/mol. The Morgan fingerprint density at radius 3 is 2.83 bits per heavy atom. The van der Waals surface area contributed by atoms with Gasteiger partial charge in [-0.3, -0.25) is 4.90 Å². The summed E-state index contributed by atoms with van der Waals surface area (Å²) in [5.41, 5.74) is 11.7. The number of benzene rings is 1. The normalized spacial score (nSPS) is 16.3.